The maximum absolute atomic E-state index is 12.7. The van der Waals surface area contributed by atoms with Crippen LogP contribution >= 0.6 is 0 Å². The summed E-state index contributed by atoms with van der Waals surface area (Å²) in [5.74, 6) is -0.960. The quantitative estimate of drug-likeness (QED) is 0.752. The zero-order chi connectivity index (χ0) is 19.3. The van der Waals surface area contributed by atoms with Gasteiger partial charge in [0.1, 0.15) is 17.7 Å². The molecule has 26 heavy (non-hydrogen) atoms. The SMILES string of the molecule is COC(=O)[C@H](Cc1cnc[nH]1)NC(=O)[C@@H]1CCCN1C(=O)OC(C)(C)C. The Bertz CT molecular complexity index is 638. The topological polar surface area (TPSA) is 114 Å². The van der Waals surface area contributed by atoms with E-state index in [4.69, 9.17) is 9.47 Å². The van der Waals surface area contributed by atoms with E-state index in [1.165, 1.54) is 18.3 Å². The minimum absolute atomic E-state index is 0.220. The van der Waals surface area contributed by atoms with Crippen LogP contribution in [-0.2, 0) is 25.5 Å². The number of H-pyrrole nitrogens is 1. The fourth-order valence-corrected chi connectivity index (χ4v) is 2.80. The van der Waals surface area contributed by atoms with E-state index in [0.29, 0.717) is 25.1 Å². The summed E-state index contributed by atoms with van der Waals surface area (Å²) in [7, 11) is 1.26. The number of carbonyl (C=O) groups excluding carboxylic acids is 3. The number of methoxy groups -OCH3 is 1. The highest BCUT2D eigenvalue weighted by Gasteiger charge is 2.38. The van der Waals surface area contributed by atoms with Crippen molar-refractivity contribution in [3.8, 4) is 0 Å². The van der Waals surface area contributed by atoms with Gasteiger partial charge in [0, 0.05) is 24.9 Å². The van der Waals surface area contributed by atoms with Gasteiger partial charge in [0.2, 0.25) is 5.91 Å². The molecule has 9 heteroatoms. The van der Waals surface area contributed by atoms with Gasteiger partial charge in [0.05, 0.1) is 13.4 Å². The van der Waals surface area contributed by atoms with Crippen LogP contribution in [0.1, 0.15) is 39.3 Å². The van der Waals surface area contributed by atoms with Gasteiger partial charge in [-0.1, -0.05) is 0 Å². The molecule has 0 radical (unpaired) electrons. The fraction of sp³-hybridized carbons (Fsp3) is 0.647. The molecule has 0 aliphatic carbocycles. The van der Waals surface area contributed by atoms with E-state index in [1.54, 1.807) is 27.0 Å². The molecule has 0 bridgehead atoms. The van der Waals surface area contributed by atoms with Crippen LogP contribution in [0.15, 0.2) is 12.5 Å². The maximum atomic E-state index is 12.7. The van der Waals surface area contributed by atoms with Gasteiger partial charge in [-0.25, -0.2) is 14.6 Å². The average Bonchev–Trinajstić information content (AvgIpc) is 3.23. The number of rotatable bonds is 5. The summed E-state index contributed by atoms with van der Waals surface area (Å²) in [4.78, 5) is 45.2. The lowest BCUT2D eigenvalue weighted by atomic mass is 10.1. The number of imidazole rings is 1. The molecule has 1 aliphatic heterocycles. The maximum Gasteiger partial charge on any atom is 0.410 e. The first-order valence-corrected chi connectivity index (χ1v) is 8.56. The minimum atomic E-state index is -0.867. The molecule has 1 aliphatic rings. The number of nitrogens with one attached hydrogen (secondary N) is 2. The number of esters is 1. The van der Waals surface area contributed by atoms with E-state index in [2.05, 4.69) is 15.3 Å². The van der Waals surface area contributed by atoms with Crippen LogP contribution < -0.4 is 5.32 Å². The highest BCUT2D eigenvalue weighted by atomic mass is 16.6. The number of hydrogen-bond donors (Lipinski definition) is 2. The van der Waals surface area contributed by atoms with Gasteiger partial charge in [0.15, 0.2) is 0 Å². The summed E-state index contributed by atoms with van der Waals surface area (Å²) < 4.78 is 10.1. The number of amides is 2. The molecule has 2 atom stereocenters. The van der Waals surface area contributed by atoms with Gasteiger partial charge in [-0.2, -0.15) is 0 Å². The molecule has 2 rings (SSSR count). The summed E-state index contributed by atoms with van der Waals surface area (Å²) in [6.45, 7) is 5.76. The number of hydrogen-bond acceptors (Lipinski definition) is 6. The van der Waals surface area contributed by atoms with Crippen molar-refractivity contribution in [3.05, 3.63) is 18.2 Å². The van der Waals surface area contributed by atoms with E-state index in [0.717, 1.165) is 0 Å². The van der Waals surface area contributed by atoms with Crippen LogP contribution in [0, 0.1) is 0 Å². The number of likely N-dealkylation sites (tertiary alicyclic amines) is 1. The average molecular weight is 366 g/mol. The predicted octanol–water partition coefficient (Wildman–Crippen LogP) is 1.01. The van der Waals surface area contributed by atoms with E-state index in [-0.39, 0.29) is 6.42 Å². The van der Waals surface area contributed by atoms with Gasteiger partial charge in [-0.15, -0.1) is 0 Å². The molecule has 0 spiro atoms. The zero-order valence-electron chi connectivity index (χ0n) is 15.6. The molecule has 2 amide bonds. The van der Waals surface area contributed by atoms with E-state index >= 15 is 0 Å². The van der Waals surface area contributed by atoms with Crippen molar-refractivity contribution < 1.29 is 23.9 Å². The molecule has 1 aromatic rings. The number of ether oxygens (including phenoxy) is 2. The van der Waals surface area contributed by atoms with Crippen molar-refractivity contribution >= 4 is 18.0 Å². The zero-order valence-corrected chi connectivity index (χ0v) is 15.6. The first-order chi connectivity index (χ1) is 12.2. The second-order valence-corrected chi connectivity index (χ2v) is 7.20. The van der Waals surface area contributed by atoms with Gasteiger partial charge >= 0.3 is 12.1 Å². The van der Waals surface area contributed by atoms with Crippen LogP contribution in [0.25, 0.3) is 0 Å². The van der Waals surface area contributed by atoms with Crippen molar-refractivity contribution in [2.45, 2.75) is 57.7 Å². The Labute approximate surface area is 152 Å². The molecule has 0 unspecified atom stereocenters. The van der Waals surface area contributed by atoms with Crippen LogP contribution in [0.4, 0.5) is 4.79 Å². The molecule has 9 nitrogen and oxygen atoms in total. The molecule has 1 saturated heterocycles. The van der Waals surface area contributed by atoms with Crippen molar-refractivity contribution in [2.75, 3.05) is 13.7 Å². The normalized spacial score (nSPS) is 18.3. The Kier molecular flexibility index (Phi) is 6.23. The molecule has 1 aromatic heterocycles. The van der Waals surface area contributed by atoms with Crippen LogP contribution in [0.2, 0.25) is 0 Å². The summed E-state index contributed by atoms with van der Waals surface area (Å²) in [6, 6.07) is -1.53. The van der Waals surface area contributed by atoms with Crippen molar-refractivity contribution in [2.24, 2.45) is 0 Å². The summed E-state index contributed by atoms with van der Waals surface area (Å²) in [5.41, 5.74) is 0.0479. The minimum Gasteiger partial charge on any atom is -0.467 e. The summed E-state index contributed by atoms with van der Waals surface area (Å²) in [5, 5.41) is 2.68. The Hall–Kier alpha value is -2.58. The van der Waals surface area contributed by atoms with Crippen LogP contribution in [-0.4, -0.2) is 64.2 Å². The molecule has 2 heterocycles. The van der Waals surface area contributed by atoms with Gasteiger partial charge in [-0.3, -0.25) is 9.69 Å². The second kappa shape index (κ2) is 8.20. The highest BCUT2D eigenvalue weighted by molar-refractivity contribution is 5.90. The molecular weight excluding hydrogens is 340 g/mol. The van der Waals surface area contributed by atoms with Gasteiger partial charge in [-0.05, 0) is 33.6 Å². The molecular formula is C17H26N4O5. The molecule has 2 N–H and O–H groups in total. The summed E-state index contributed by atoms with van der Waals surface area (Å²) in [6.07, 6.45) is 3.97. The molecule has 1 fully saturated rings. The van der Waals surface area contributed by atoms with E-state index < -0.39 is 35.7 Å². The molecule has 144 valence electrons. The number of nitrogens with zero attached hydrogens (tertiary/aromatic N) is 2. The lowest BCUT2D eigenvalue weighted by molar-refractivity contribution is -0.145. The number of carbonyl (C=O) groups is 3. The largest absolute Gasteiger partial charge is 0.467 e. The van der Waals surface area contributed by atoms with Crippen molar-refractivity contribution in [1.29, 1.82) is 0 Å². The lowest BCUT2D eigenvalue weighted by Gasteiger charge is -2.28. The third-order valence-electron chi connectivity index (χ3n) is 3.96. The Morgan fingerprint density at radius 2 is 2.15 bits per heavy atom. The van der Waals surface area contributed by atoms with Crippen molar-refractivity contribution in [3.63, 3.8) is 0 Å². The molecule has 0 aromatic carbocycles. The first-order valence-electron chi connectivity index (χ1n) is 8.56. The predicted molar refractivity (Wildman–Crippen MR) is 92.2 cm³/mol. The van der Waals surface area contributed by atoms with Crippen LogP contribution in [0.5, 0.6) is 0 Å². The second-order valence-electron chi connectivity index (χ2n) is 7.20. The standard InChI is InChI=1S/C17H26N4O5/c1-17(2,3)26-16(24)21-7-5-6-13(21)14(22)20-12(15(23)25-4)8-11-9-18-10-19-11/h9-10,12-13H,5-8H2,1-4H3,(H,18,19)(H,20,22)/t12-,13-/m0/s1. The molecule has 0 saturated carbocycles. The monoisotopic (exact) mass is 366 g/mol. The highest BCUT2D eigenvalue weighted by Crippen LogP contribution is 2.21. The number of aromatic nitrogens is 2. The Morgan fingerprint density at radius 1 is 1.42 bits per heavy atom. The Balaban J connectivity index is 2.04. The lowest BCUT2D eigenvalue weighted by Crippen LogP contribution is -2.52. The Morgan fingerprint density at radius 3 is 2.73 bits per heavy atom. The third kappa shape index (κ3) is 5.21. The van der Waals surface area contributed by atoms with Gasteiger partial charge < -0.3 is 19.8 Å². The fourth-order valence-electron chi connectivity index (χ4n) is 2.80. The summed E-state index contributed by atoms with van der Waals surface area (Å²) >= 11 is 0. The van der Waals surface area contributed by atoms with E-state index in [1.807, 2.05) is 0 Å². The number of aromatic amines is 1. The van der Waals surface area contributed by atoms with Crippen molar-refractivity contribution in [1.82, 2.24) is 20.2 Å². The smallest absolute Gasteiger partial charge is 0.410 e. The van der Waals surface area contributed by atoms with Gasteiger partial charge in [0.25, 0.3) is 0 Å². The third-order valence-corrected chi connectivity index (χ3v) is 3.96. The van der Waals surface area contributed by atoms with Crippen LogP contribution in [0.3, 0.4) is 0 Å². The van der Waals surface area contributed by atoms with E-state index in [9.17, 15) is 14.4 Å². The first kappa shape index (κ1) is 19.7.